The number of aliphatic hydroxyl groups is 1. The first-order chi connectivity index (χ1) is 10.3. The van der Waals surface area contributed by atoms with Crippen LogP contribution in [0.15, 0.2) is 24.3 Å². The molecule has 0 aliphatic heterocycles. The standard InChI is InChI=1S/C19H31NO/c1-2-6-16-7-3-10-18(13-12-16)20-19-11-4-8-17(15-19)9-5-14-21/h4,8,11,15-16,18,20-21H,2-3,5-7,9-10,12-14H2,1H3. The maximum absolute atomic E-state index is 8.94. The molecule has 0 bridgehead atoms. The molecule has 2 heteroatoms. The summed E-state index contributed by atoms with van der Waals surface area (Å²) in [5.74, 6) is 0.956. The van der Waals surface area contributed by atoms with Crippen molar-refractivity contribution in [3.8, 4) is 0 Å². The number of hydrogen-bond acceptors (Lipinski definition) is 2. The number of aryl methyl sites for hydroxylation is 1. The SMILES string of the molecule is CCCC1CCCC(Nc2cccc(CCCO)c2)CC1. The van der Waals surface area contributed by atoms with Gasteiger partial charge in [-0.15, -0.1) is 0 Å². The number of rotatable bonds is 7. The summed E-state index contributed by atoms with van der Waals surface area (Å²) >= 11 is 0. The fourth-order valence-corrected chi connectivity index (χ4v) is 3.56. The zero-order valence-corrected chi connectivity index (χ0v) is 13.5. The topological polar surface area (TPSA) is 32.3 Å². The largest absolute Gasteiger partial charge is 0.396 e. The van der Waals surface area contributed by atoms with Gasteiger partial charge in [0, 0.05) is 18.3 Å². The smallest absolute Gasteiger partial charge is 0.0434 e. The summed E-state index contributed by atoms with van der Waals surface area (Å²) in [5.41, 5.74) is 2.58. The van der Waals surface area contributed by atoms with Gasteiger partial charge in [-0.25, -0.2) is 0 Å². The molecule has 2 atom stereocenters. The second-order valence-electron chi connectivity index (χ2n) is 6.53. The molecule has 1 aromatic rings. The predicted molar refractivity (Wildman–Crippen MR) is 90.7 cm³/mol. The van der Waals surface area contributed by atoms with E-state index in [2.05, 4.69) is 36.5 Å². The van der Waals surface area contributed by atoms with Gasteiger partial charge < -0.3 is 10.4 Å². The maximum Gasteiger partial charge on any atom is 0.0434 e. The first-order valence-electron chi connectivity index (χ1n) is 8.78. The Kier molecular flexibility index (Phi) is 7.08. The Labute approximate surface area is 130 Å². The maximum atomic E-state index is 8.94. The van der Waals surface area contributed by atoms with Crippen LogP contribution in [0.3, 0.4) is 0 Å². The fourth-order valence-electron chi connectivity index (χ4n) is 3.56. The molecular weight excluding hydrogens is 258 g/mol. The minimum absolute atomic E-state index is 0.277. The average Bonchev–Trinajstić information content (AvgIpc) is 2.72. The summed E-state index contributed by atoms with van der Waals surface area (Å²) in [7, 11) is 0. The Bertz CT molecular complexity index is 404. The highest BCUT2D eigenvalue weighted by Crippen LogP contribution is 2.28. The molecule has 2 unspecified atom stereocenters. The molecule has 2 nitrogen and oxygen atoms in total. The third kappa shape index (κ3) is 5.70. The van der Waals surface area contributed by atoms with Crippen LogP contribution in [-0.4, -0.2) is 17.8 Å². The van der Waals surface area contributed by atoms with Gasteiger partial charge in [-0.05, 0) is 55.7 Å². The third-order valence-electron chi connectivity index (χ3n) is 4.71. The van der Waals surface area contributed by atoms with Crippen molar-refractivity contribution in [1.29, 1.82) is 0 Å². The number of aliphatic hydroxyl groups excluding tert-OH is 1. The molecule has 2 N–H and O–H groups in total. The van der Waals surface area contributed by atoms with Crippen molar-refractivity contribution in [2.45, 2.75) is 70.8 Å². The van der Waals surface area contributed by atoms with Crippen LogP contribution in [0, 0.1) is 5.92 Å². The van der Waals surface area contributed by atoms with Gasteiger partial charge in [0.2, 0.25) is 0 Å². The quantitative estimate of drug-likeness (QED) is 0.708. The minimum atomic E-state index is 0.277. The zero-order valence-electron chi connectivity index (χ0n) is 13.5. The van der Waals surface area contributed by atoms with E-state index in [4.69, 9.17) is 5.11 Å². The number of nitrogens with one attached hydrogen (secondary N) is 1. The van der Waals surface area contributed by atoms with E-state index in [0.717, 1.165) is 18.8 Å². The van der Waals surface area contributed by atoms with Gasteiger partial charge in [0.15, 0.2) is 0 Å². The van der Waals surface area contributed by atoms with Crippen LogP contribution in [0.1, 0.15) is 63.9 Å². The summed E-state index contributed by atoms with van der Waals surface area (Å²) in [6.07, 6.45) is 11.3. The van der Waals surface area contributed by atoms with E-state index in [9.17, 15) is 0 Å². The molecule has 0 saturated heterocycles. The number of benzene rings is 1. The van der Waals surface area contributed by atoms with Crippen molar-refractivity contribution in [2.75, 3.05) is 11.9 Å². The molecule has 0 heterocycles. The molecule has 118 valence electrons. The Balaban J connectivity index is 1.86. The highest BCUT2D eigenvalue weighted by molar-refractivity contribution is 5.46. The molecule has 1 saturated carbocycles. The summed E-state index contributed by atoms with van der Waals surface area (Å²) in [4.78, 5) is 0. The van der Waals surface area contributed by atoms with E-state index in [1.54, 1.807) is 0 Å². The van der Waals surface area contributed by atoms with Crippen LogP contribution in [0.25, 0.3) is 0 Å². The van der Waals surface area contributed by atoms with E-state index in [-0.39, 0.29) is 6.61 Å². The Hall–Kier alpha value is -1.02. The van der Waals surface area contributed by atoms with Crippen LogP contribution >= 0.6 is 0 Å². The van der Waals surface area contributed by atoms with E-state index < -0.39 is 0 Å². The van der Waals surface area contributed by atoms with Crippen LogP contribution in [0.4, 0.5) is 5.69 Å². The fraction of sp³-hybridized carbons (Fsp3) is 0.684. The Morgan fingerprint density at radius 3 is 2.90 bits per heavy atom. The van der Waals surface area contributed by atoms with Gasteiger partial charge in [0.25, 0.3) is 0 Å². The van der Waals surface area contributed by atoms with Crippen LogP contribution < -0.4 is 5.32 Å². The van der Waals surface area contributed by atoms with Gasteiger partial charge in [0.1, 0.15) is 0 Å². The molecule has 21 heavy (non-hydrogen) atoms. The number of hydrogen-bond donors (Lipinski definition) is 2. The first kappa shape index (κ1) is 16.4. The molecule has 0 spiro atoms. The van der Waals surface area contributed by atoms with Crippen molar-refractivity contribution in [2.24, 2.45) is 5.92 Å². The lowest BCUT2D eigenvalue weighted by atomic mass is 9.95. The van der Waals surface area contributed by atoms with Gasteiger partial charge in [-0.2, -0.15) is 0 Å². The molecular formula is C19H31NO. The van der Waals surface area contributed by atoms with Crippen molar-refractivity contribution in [3.05, 3.63) is 29.8 Å². The molecule has 0 radical (unpaired) electrons. The highest BCUT2D eigenvalue weighted by Gasteiger charge is 2.18. The van der Waals surface area contributed by atoms with Crippen LogP contribution in [-0.2, 0) is 6.42 Å². The second kappa shape index (κ2) is 9.09. The van der Waals surface area contributed by atoms with E-state index in [1.165, 1.54) is 56.2 Å². The lowest BCUT2D eigenvalue weighted by molar-refractivity contribution is 0.288. The second-order valence-corrected chi connectivity index (χ2v) is 6.53. The first-order valence-corrected chi connectivity index (χ1v) is 8.78. The van der Waals surface area contributed by atoms with E-state index in [0.29, 0.717) is 6.04 Å². The van der Waals surface area contributed by atoms with Crippen molar-refractivity contribution < 1.29 is 5.11 Å². The number of anilines is 1. The van der Waals surface area contributed by atoms with Gasteiger partial charge >= 0.3 is 0 Å². The summed E-state index contributed by atoms with van der Waals surface area (Å²) in [5, 5.41) is 12.7. The molecule has 0 amide bonds. The third-order valence-corrected chi connectivity index (χ3v) is 4.71. The van der Waals surface area contributed by atoms with Crippen molar-refractivity contribution >= 4 is 5.69 Å². The lowest BCUT2D eigenvalue weighted by Crippen LogP contribution is -2.18. The van der Waals surface area contributed by atoms with Gasteiger partial charge in [0.05, 0.1) is 0 Å². The normalized spacial score (nSPS) is 22.8. The van der Waals surface area contributed by atoms with Gasteiger partial charge in [-0.3, -0.25) is 0 Å². The molecule has 1 aliphatic carbocycles. The van der Waals surface area contributed by atoms with Crippen molar-refractivity contribution in [1.82, 2.24) is 0 Å². The van der Waals surface area contributed by atoms with Crippen LogP contribution in [0.2, 0.25) is 0 Å². The summed E-state index contributed by atoms with van der Waals surface area (Å²) < 4.78 is 0. The summed E-state index contributed by atoms with van der Waals surface area (Å²) in [6, 6.07) is 9.36. The average molecular weight is 289 g/mol. The summed E-state index contributed by atoms with van der Waals surface area (Å²) in [6.45, 7) is 2.58. The van der Waals surface area contributed by atoms with E-state index in [1.807, 2.05) is 0 Å². The molecule has 1 aliphatic rings. The molecule has 0 aromatic heterocycles. The predicted octanol–water partition coefficient (Wildman–Crippen LogP) is 4.77. The highest BCUT2D eigenvalue weighted by atomic mass is 16.2. The van der Waals surface area contributed by atoms with Gasteiger partial charge in [-0.1, -0.05) is 44.7 Å². The molecule has 1 aromatic carbocycles. The zero-order chi connectivity index (χ0) is 14.9. The lowest BCUT2D eigenvalue weighted by Gasteiger charge is -2.18. The van der Waals surface area contributed by atoms with Crippen molar-refractivity contribution in [3.63, 3.8) is 0 Å². The monoisotopic (exact) mass is 289 g/mol. The molecule has 2 rings (SSSR count). The Morgan fingerprint density at radius 1 is 1.19 bits per heavy atom. The molecule has 1 fully saturated rings. The minimum Gasteiger partial charge on any atom is -0.396 e. The van der Waals surface area contributed by atoms with E-state index >= 15 is 0 Å². The van der Waals surface area contributed by atoms with Crippen LogP contribution in [0.5, 0.6) is 0 Å². The Morgan fingerprint density at radius 2 is 2.10 bits per heavy atom.